The lowest BCUT2D eigenvalue weighted by Gasteiger charge is -2.32. The first kappa shape index (κ1) is 22.9. The molecule has 2 N–H and O–H groups in total. The van der Waals surface area contributed by atoms with Crippen molar-refractivity contribution in [2.24, 2.45) is 5.92 Å². The van der Waals surface area contributed by atoms with Crippen LogP contribution in [0.15, 0.2) is 42.7 Å². The summed E-state index contributed by atoms with van der Waals surface area (Å²) in [6.45, 7) is 1.43. The zero-order valence-electron chi connectivity index (χ0n) is 16.6. The number of urea groups is 1. The summed E-state index contributed by atoms with van der Waals surface area (Å²) >= 11 is 5.99. The van der Waals surface area contributed by atoms with Crippen molar-refractivity contribution in [3.8, 4) is 0 Å². The Kier molecular flexibility index (Phi) is 7.37. The molecule has 2 heterocycles. The van der Waals surface area contributed by atoms with Crippen LogP contribution in [0, 0.1) is 5.92 Å². The smallest absolute Gasteiger partial charge is 0.342 e. The van der Waals surface area contributed by atoms with Gasteiger partial charge >= 0.3 is 12.2 Å². The number of hydrogen-bond acceptors (Lipinski definition) is 3. The summed E-state index contributed by atoms with van der Waals surface area (Å²) in [5.74, 6) is -0.0487. The van der Waals surface area contributed by atoms with Gasteiger partial charge in [-0.25, -0.2) is 4.79 Å². The van der Waals surface area contributed by atoms with Crippen LogP contribution in [-0.4, -0.2) is 41.5 Å². The second kappa shape index (κ2) is 10.00. The van der Waals surface area contributed by atoms with Crippen molar-refractivity contribution < 1.29 is 22.8 Å². The van der Waals surface area contributed by atoms with Gasteiger partial charge in [0.25, 0.3) is 0 Å². The first-order valence-corrected chi connectivity index (χ1v) is 10.2. The van der Waals surface area contributed by atoms with E-state index in [0.717, 1.165) is 12.1 Å². The fourth-order valence-corrected chi connectivity index (χ4v) is 3.58. The predicted octanol–water partition coefficient (Wildman–Crippen LogP) is 4.36. The van der Waals surface area contributed by atoms with Crippen LogP contribution in [0.3, 0.4) is 0 Å². The molecule has 31 heavy (non-hydrogen) atoms. The number of amides is 3. The number of likely N-dealkylation sites (tertiary alicyclic amines) is 1. The van der Waals surface area contributed by atoms with Crippen LogP contribution >= 0.6 is 11.6 Å². The molecular formula is C21H22ClF3N4O2. The second-order valence-corrected chi connectivity index (χ2v) is 7.78. The SMILES string of the molecule is O=C(NCC1CCN(C(=O)Cc2cc(C(F)(F)F)ccc2Cl)CC1)Nc1ccncc1. The predicted molar refractivity (Wildman–Crippen MR) is 111 cm³/mol. The minimum Gasteiger partial charge on any atom is -0.342 e. The van der Waals surface area contributed by atoms with Gasteiger partial charge in [-0.15, -0.1) is 0 Å². The maximum atomic E-state index is 12.9. The molecular weight excluding hydrogens is 433 g/mol. The zero-order valence-corrected chi connectivity index (χ0v) is 17.3. The van der Waals surface area contributed by atoms with Gasteiger partial charge in [-0.05, 0) is 54.7 Å². The van der Waals surface area contributed by atoms with Crippen molar-refractivity contribution in [3.05, 3.63) is 58.9 Å². The summed E-state index contributed by atoms with van der Waals surface area (Å²) < 4.78 is 38.7. The molecule has 166 valence electrons. The molecule has 0 bridgehead atoms. The molecule has 2 aromatic rings. The molecule has 0 aliphatic carbocycles. The monoisotopic (exact) mass is 454 g/mol. The second-order valence-electron chi connectivity index (χ2n) is 7.38. The average Bonchev–Trinajstić information content (AvgIpc) is 2.74. The van der Waals surface area contributed by atoms with Crippen molar-refractivity contribution in [1.29, 1.82) is 0 Å². The van der Waals surface area contributed by atoms with E-state index in [0.29, 0.717) is 38.2 Å². The summed E-state index contributed by atoms with van der Waals surface area (Å²) in [7, 11) is 0. The van der Waals surface area contributed by atoms with E-state index < -0.39 is 11.7 Å². The van der Waals surface area contributed by atoms with Gasteiger partial charge in [-0.1, -0.05) is 11.6 Å². The van der Waals surface area contributed by atoms with E-state index >= 15 is 0 Å². The van der Waals surface area contributed by atoms with Crippen LogP contribution in [0.25, 0.3) is 0 Å². The standard InChI is InChI=1S/C21H22ClF3N4O2/c22-18-2-1-16(21(23,24)25)11-15(18)12-19(30)29-9-5-14(6-10-29)13-27-20(31)28-17-3-7-26-8-4-17/h1-4,7-8,11,14H,5-6,9-10,12-13H2,(H2,26,27,28,31). The van der Waals surface area contributed by atoms with Gasteiger partial charge in [0.05, 0.1) is 12.0 Å². The number of pyridine rings is 1. The Bertz CT molecular complexity index is 917. The van der Waals surface area contributed by atoms with Gasteiger partial charge in [0.2, 0.25) is 5.91 Å². The molecule has 1 aromatic heterocycles. The fraction of sp³-hybridized carbons (Fsp3) is 0.381. The molecule has 0 saturated carbocycles. The van der Waals surface area contributed by atoms with Crippen LogP contribution in [0.2, 0.25) is 5.02 Å². The van der Waals surface area contributed by atoms with Crippen LogP contribution in [0.5, 0.6) is 0 Å². The van der Waals surface area contributed by atoms with Crippen molar-refractivity contribution in [3.63, 3.8) is 0 Å². The minimum atomic E-state index is -4.49. The Hall–Kier alpha value is -2.81. The molecule has 3 amide bonds. The number of benzene rings is 1. The molecule has 1 fully saturated rings. The summed E-state index contributed by atoms with van der Waals surface area (Å²) in [6.07, 6.45) is -0.129. The van der Waals surface area contributed by atoms with Gasteiger partial charge in [0, 0.05) is 42.7 Å². The van der Waals surface area contributed by atoms with E-state index in [2.05, 4.69) is 15.6 Å². The van der Waals surface area contributed by atoms with E-state index in [1.165, 1.54) is 6.07 Å². The minimum absolute atomic E-state index is 0.139. The Morgan fingerprint density at radius 2 is 1.81 bits per heavy atom. The van der Waals surface area contributed by atoms with Crippen molar-refractivity contribution in [2.75, 3.05) is 25.0 Å². The molecule has 10 heteroatoms. The average molecular weight is 455 g/mol. The van der Waals surface area contributed by atoms with Gasteiger partial charge in [-0.2, -0.15) is 13.2 Å². The van der Waals surface area contributed by atoms with E-state index in [1.807, 2.05) is 0 Å². The third-order valence-electron chi connectivity index (χ3n) is 5.17. The molecule has 1 aliphatic rings. The topological polar surface area (TPSA) is 74.3 Å². The van der Waals surface area contributed by atoms with Gasteiger partial charge in [0.15, 0.2) is 0 Å². The van der Waals surface area contributed by atoms with E-state index in [1.54, 1.807) is 29.4 Å². The third kappa shape index (κ3) is 6.58. The normalized spacial score (nSPS) is 14.9. The summed E-state index contributed by atoms with van der Waals surface area (Å²) in [6, 6.07) is 6.05. The van der Waals surface area contributed by atoms with Gasteiger partial charge in [0.1, 0.15) is 0 Å². The molecule has 1 saturated heterocycles. The molecule has 0 atom stereocenters. The largest absolute Gasteiger partial charge is 0.416 e. The lowest BCUT2D eigenvalue weighted by atomic mass is 9.96. The van der Waals surface area contributed by atoms with Crippen molar-refractivity contribution >= 4 is 29.2 Å². The molecule has 1 aliphatic heterocycles. The van der Waals surface area contributed by atoms with Gasteiger partial charge in [-0.3, -0.25) is 9.78 Å². The van der Waals surface area contributed by atoms with Crippen LogP contribution in [-0.2, 0) is 17.4 Å². The number of piperidine rings is 1. The molecule has 3 rings (SSSR count). The van der Waals surface area contributed by atoms with E-state index in [4.69, 9.17) is 11.6 Å². The maximum absolute atomic E-state index is 12.9. The molecule has 0 radical (unpaired) electrons. The number of nitrogens with zero attached hydrogens (tertiary/aromatic N) is 2. The number of hydrogen-bond donors (Lipinski definition) is 2. The molecule has 0 spiro atoms. The first-order chi connectivity index (χ1) is 14.7. The number of carbonyl (C=O) groups is 2. The highest BCUT2D eigenvalue weighted by molar-refractivity contribution is 6.31. The Labute approximate surface area is 182 Å². The number of aromatic nitrogens is 1. The zero-order chi connectivity index (χ0) is 22.4. The lowest BCUT2D eigenvalue weighted by Crippen LogP contribution is -2.42. The van der Waals surface area contributed by atoms with E-state index in [9.17, 15) is 22.8 Å². The Morgan fingerprint density at radius 3 is 2.45 bits per heavy atom. The number of anilines is 1. The van der Waals surface area contributed by atoms with Crippen molar-refractivity contribution in [1.82, 2.24) is 15.2 Å². The van der Waals surface area contributed by atoms with Crippen LogP contribution in [0.4, 0.5) is 23.7 Å². The van der Waals surface area contributed by atoms with Crippen LogP contribution in [0.1, 0.15) is 24.0 Å². The highest BCUT2D eigenvalue weighted by Gasteiger charge is 2.31. The summed E-state index contributed by atoms with van der Waals surface area (Å²) in [5.41, 5.74) is -0.0197. The quantitative estimate of drug-likeness (QED) is 0.705. The fourth-order valence-electron chi connectivity index (χ4n) is 3.40. The number of carbonyl (C=O) groups excluding carboxylic acids is 2. The van der Waals surface area contributed by atoms with Crippen molar-refractivity contribution in [2.45, 2.75) is 25.4 Å². The number of halogens is 4. The number of nitrogens with one attached hydrogen (secondary N) is 2. The Morgan fingerprint density at radius 1 is 1.13 bits per heavy atom. The van der Waals surface area contributed by atoms with Crippen LogP contribution < -0.4 is 10.6 Å². The Balaban J connectivity index is 1.45. The molecule has 6 nitrogen and oxygen atoms in total. The first-order valence-electron chi connectivity index (χ1n) is 9.80. The third-order valence-corrected chi connectivity index (χ3v) is 5.54. The lowest BCUT2D eigenvalue weighted by molar-refractivity contribution is -0.138. The molecule has 1 aromatic carbocycles. The highest BCUT2D eigenvalue weighted by atomic mass is 35.5. The molecule has 0 unspecified atom stereocenters. The van der Waals surface area contributed by atoms with E-state index in [-0.39, 0.29) is 34.9 Å². The number of rotatable bonds is 5. The highest BCUT2D eigenvalue weighted by Crippen LogP contribution is 2.32. The summed E-state index contributed by atoms with van der Waals surface area (Å²) in [5, 5.41) is 5.66. The summed E-state index contributed by atoms with van der Waals surface area (Å²) in [4.78, 5) is 30.0. The maximum Gasteiger partial charge on any atom is 0.416 e. The van der Waals surface area contributed by atoms with Gasteiger partial charge < -0.3 is 15.5 Å². The number of alkyl halides is 3.